The summed E-state index contributed by atoms with van der Waals surface area (Å²) in [7, 11) is 1.00. The molecule has 0 amide bonds. The summed E-state index contributed by atoms with van der Waals surface area (Å²) in [6, 6.07) is 12.8. The number of hydrogen-bond donors (Lipinski definition) is 1. The minimum absolute atomic E-state index is 0.0839. The van der Waals surface area contributed by atoms with Crippen LogP contribution in [0.2, 0.25) is 0 Å². The van der Waals surface area contributed by atoms with Gasteiger partial charge in [0, 0.05) is 23.2 Å². The Balaban J connectivity index is 0.000000956. The van der Waals surface area contributed by atoms with E-state index in [-0.39, 0.29) is 17.0 Å². The second kappa shape index (κ2) is 7.52. The van der Waals surface area contributed by atoms with Gasteiger partial charge in [0.05, 0.1) is 4.92 Å². The fourth-order valence-electron chi connectivity index (χ4n) is 1.59. The maximum atomic E-state index is 12.2. The Labute approximate surface area is 124 Å². The second-order valence-electron chi connectivity index (χ2n) is 3.61. The Bertz CT molecular complexity index is 614. The zero-order chi connectivity index (χ0) is 15.1. The van der Waals surface area contributed by atoms with Crippen molar-refractivity contribution in [3.8, 4) is 0 Å². The molecule has 20 heavy (non-hydrogen) atoms. The van der Waals surface area contributed by atoms with Crippen molar-refractivity contribution in [2.75, 3.05) is 7.11 Å². The molecule has 0 heterocycles. The quantitative estimate of drug-likeness (QED) is 0.529. The second-order valence-corrected chi connectivity index (χ2v) is 4.53. The van der Waals surface area contributed by atoms with Crippen molar-refractivity contribution in [3.05, 3.63) is 74.2 Å². The van der Waals surface area contributed by atoms with E-state index < -0.39 is 4.92 Å². The standard InChI is InChI=1S/C13H8BrNO3.CH4O/c14-10-6-7-12(15(17)18)11(8-10)13(16)9-4-2-1-3-5-9;1-2/h1-8H;2H,1H3. The molecule has 0 unspecified atom stereocenters. The van der Waals surface area contributed by atoms with E-state index in [4.69, 9.17) is 5.11 Å². The van der Waals surface area contributed by atoms with Crippen molar-refractivity contribution < 1.29 is 14.8 Å². The lowest BCUT2D eigenvalue weighted by molar-refractivity contribution is -0.385. The molecule has 0 radical (unpaired) electrons. The van der Waals surface area contributed by atoms with Crippen LogP contribution in [0.25, 0.3) is 0 Å². The molecule has 1 N–H and O–H groups in total. The lowest BCUT2D eigenvalue weighted by atomic mass is 10.0. The van der Waals surface area contributed by atoms with Crippen molar-refractivity contribution >= 4 is 27.4 Å². The van der Waals surface area contributed by atoms with Gasteiger partial charge in [0.15, 0.2) is 5.78 Å². The molecule has 0 atom stereocenters. The molecule has 2 rings (SSSR count). The van der Waals surface area contributed by atoms with Gasteiger partial charge in [-0.25, -0.2) is 0 Å². The number of rotatable bonds is 3. The summed E-state index contributed by atoms with van der Waals surface area (Å²) in [5, 5.41) is 17.9. The van der Waals surface area contributed by atoms with Crippen LogP contribution in [-0.2, 0) is 0 Å². The maximum Gasteiger partial charge on any atom is 0.280 e. The monoisotopic (exact) mass is 337 g/mol. The van der Waals surface area contributed by atoms with E-state index >= 15 is 0 Å². The molecule has 0 saturated carbocycles. The molecule has 6 heteroatoms. The van der Waals surface area contributed by atoms with Crippen molar-refractivity contribution in [3.63, 3.8) is 0 Å². The normalized spacial score (nSPS) is 9.35. The lowest BCUT2D eigenvalue weighted by Crippen LogP contribution is -2.05. The van der Waals surface area contributed by atoms with Gasteiger partial charge in [0.2, 0.25) is 0 Å². The van der Waals surface area contributed by atoms with E-state index in [0.29, 0.717) is 10.0 Å². The fourth-order valence-corrected chi connectivity index (χ4v) is 1.96. The SMILES string of the molecule is CO.O=C(c1ccccc1)c1cc(Br)ccc1[N+](=O)[O-]. The van der Waals surface area contributed by atoms with Crippen molar-refractivity contribution in [1.82, 2.24) is 0 Å². The number of aliphatic hydroxyl groups excluding tert-OH is 1. The Hall–Kier alpha value is -2.05. The third kappa shape index (κ3) is 3.72. The number of nitro benzene ring substituents is 1. The van der Waals surface area contributed by atoms with E-state index in [1.54, 1.807) is 36.4 Å². The van der Waals surface area contributed by atoms with Crippen molar-refractivity contribution in [2.24, 2.45) is 0 Å². The first kappa shape index (κ1) is 16.0. The molecular weight excluding hydrogens is 326 g/mol. The van der Waals surface area contributed by atoms with E-state index in [9.17, 15) is 14.9 Å². The van der Waals surface area contributed by atoms with Crippen LogP contribution in [0.5, 0.6) is 0 Å². The zero-order valence-electron chi connectivity index (χ0n) is 10.6. The van der Waals surface area contributed by atoms with Crippen LogP contribution >= 0.6 is 15.9 Å². The minimum atomic E-state index is -0.553. The number of hydrogen-bond acceptors (Lipinski definition) is 4. The maximum absolute atomic E-state index is 12.2. The highest BCUT2D eigenvalue weighted by Gasteiger charge is 2.21. The average molecular weight is 338 g/mol. The van der Waals surface area contributed by atoms with Gasteiger partial charge in [-0.15, -0.1) is 0 Å². The van der Waals surface area contributed by atoms with Gasteiger partial charge in [-0.2, -0.15) is 0 Å². The summed E-state index contributed by atoms with van der Waals surface area (Å²) in [5.74, 6) is -0.358. The topological polar surface area (TPSA) is 80.4 Å². The van der Waals surface area contributed by atoms with Crippen LogP contribution in [-0.4, -0.2) is 22.9 Å². The molecule has 0 saturated heterocycles. The van der Waals surface area contributed by atoms with Gasteiger partial charge in [0.1, 0.15) is 5.56 Å². The molecule has 0 aliphatic carbocycles. The molecule has 2 aromatic rings. The van der Waals surface area contributed by atoms with Crippen LogP contribution < -0.4 is 0 Å². The van der Waals surface area contributed by atoms with Crippen molar-refractivity contribution in [2.45, 2.75) is 0 Å². The third-order valence-electron chi connectivity index (χ3n) is 2.44. The van der Waals surface area contributed by atoms with Gasteiger partial charge in [-0.1, -0.05) is 46.3 Å². The van der Waals surface area contributed by atoms with Crippen molar-refractivity contribution in [1.29, 1.82) is 0 Å². The van der Waals surface area contributed by atoms with Crippen LogP contribution in [0, 0.1) is 10.1 Å². The highest BCUT2D eigenvalue weighted by molar-refractivity contribution is 9.10. The first-order chi connectivity index (χ1) is 9.59. The number of nitro groups is 1. The minimum Gasteiger partial charge on any atom is -0.400 e. The van der Waals surface area contributed by atoms with E-state index in [1.165, 1.54) is 12.1 Å². The average Bonchev–Trinajstić information content (AvgIpc) is 2.49. The third-order valence-corrected chi connectivity index (χ3v) is 2.93. The number of nitrogens with zero attached hydrogens (tertiary/aromatic N) is 1. The number of carbonyl (C=O) groups is 1. The van der Waals surface area contributed by atoms with Crippen LogP contribution in [0.1, 0.15) is 15.9 Å². The molecule has 0 aromatic heterocycles. The van der Waals surface area contributed by atoms with Crippen LogP contribution in [0.15, 0.2) is 53.0 Å². The Morgan fingerprint density at radius 2 is 1.75 bits per heavy atom. The molecule has 104 valence electrons. The Morgan fingerprint density at radius 1 is 1.15 bits per heavy atom. The molecule has 0 fully saturated rings. The number of halogens is 1. The summed E-state index contributed by atoms with van der Waals surface area (Å²) in [6.07, 6.45) is 0. The molecule has 5 nitrogen and oxygen atoms in total. The molecular formula is C14H12BrNO4. The van der Waals surface area contributed by atoms with Gasteiger partial charge >= 0.3 is 0 Å². The number of benzene rings is 2. The number of aliphatic hydroxyl groups is 1. The molecule has 0 aliphatic heterocycles. The van der Waals surface area contributed by atoms with E-state index in [2.05, 4.69) is 15.9 Å². The fraction of sp³-hybridized carbons (Fsp3) is 0.0714. The first-order valence-corrected chi connectivity index (χ1v) is 6.37. The molecule has 2 aromatic carbocycles. The van der Waals surface area contributed by atoms with Gasteiger partial charge in [0.25, 0.3) is 5.69 Å². The van der Waals surface area contributed by atoms with Crippen LogP contribution in [0.3, 0.4) is 0 Å². The molecule has 0 spiro atoms. The summed E-state index contributed by atoms with van der Waals surface area (Å²) in [6.45, 7) is 0. The molecule has 0 bridgehead atoms. The highest BCUT2D eigenvalue weighted by Crippen LogP contribution is 2.25. The summed E-state index contributed by atoms with van der Waals surface area (Å²) >= 11 is 3.21. The Morgan fingerprint density at radius 3 is 2.30 bits per heavy atom. The largest absolute Gasteiger partial charge is 0.400 e. The highest BCUT2D eigenvalue weighted by atomic mass is 79.9. The smallest absolute Gasteiger partial charge is 0.280 e. The van der Waals surface area contributed by atoms with Gasteiger partial charge in [-0.05, 0) is 12.1 Å². The summed E-state index contributed by atoms with van der Waals surface area (Å²) in [5.41, 5.74) is 0.325. The van der Waals surface area contributed by atoms with E-state index in [0.717, 1.165) is 7.11 Å². The number of carbonyl (C=O) groups excluding carboxylic acids is 1. The number of ketones is 1. The van der Waals surface area contributed by atoms with Gasteiger partial charge in [-0.3, -0.25) is 14.9 Å². The molecule has 0 aliphatic rings. The lowest BCUT2D eigenvalue weighted by Gasteiger charge is -2.03. The van der Waals surface area contributed by atoms with Crippen LogP contribution in [0.4, 0.5) is 5.69 Å². The summed E-state index contributed by atoms with van der Waals surface area (Å²) in [4.78, 5) is 22.6. The summed E-state index contributed by atoms with van der Waals surface area (Å²) < 4.78 is 0.632. The van der Waals surface area contributed by atoms with E-state index in [1.807, 2.05) is 0 Å². The first-order valence-electron chi connectivity index (χ1n) is 5.58. The zero-order valence-corrected chi connectivity index (χ0v) is 12.2. The Kier molecular flexibility index (Phi) is 6.02. The van der Waals surface area contributed by atoms with Gasteiger partial charge < -0.3 is 5.11 Å². The predicted molar refractivity (Wildman–Crippen MR) is 78.8 cm³/mol. The predicted octanol–water partition coefficient (Wildman–Crippen LogP) is 3.20.